The molecule has 0 amide bonds. The zero-order valence-electron chi connectivity index (χ0n) is 25.9. The Kier molecular flexibility index (Phi) is 10.3. The molecule has 6 aromatic rings. The topological polar surface area (TPSA) is 12.5 Å². The molecule has 0 unspecified atom stereocenters. The zero-order valence-corrected chi connectivity index (χ0v) is 27.4. The van der Waals surface area contributed by atoms with Gasteiger partial charge in [-0.1, -0.05) is 138 Å². The SMILES string of the molecule is COc1ccc(N(C=C(c2ccc(Cl)cc2)c2ccc(Cl)cc2)c2ccc(C=CC=C(c3ccccc3)c3ccccc3)cc2)cc1. The summed E-state index contributed by atoms with van der Waals surface area (Å²) in [4.78, 5) is 2.19. The summed E-state index contributed by atoms with van der Waals surface area (Å²) < 4.78 is 5.45. The first-order valence-electron chi connectivity index (χ1n) is 15.3. The van der Waals surface area contributed by atoms with Crippen LogP contribution in [0.2, 0.25) is 10.0 Å². The van der Waals surface area contributed by atoms with E-state index in [0.29, 0.717) is 10.0 Å². The van der Waals surface area contributed by atoms with Crippen LogP contribution in [0.5, 0.6) is 5.75 Å². The van der Waals surface area contributed by atoms with Gasteiger partial charge in [0.15, 0.2) is 0 Å². The predicted octanol–water partition coefficient (Wildman–Crippen LogP) is 12.4. The van der Waals surface area contributed by atoms with Gasteiger partial charge < -0.3 is 9.64 Å². The van der Waals surface area contributed by atoms with E-state index in [1.54, 1.807) is 7.11 Å². The fourth-order valence-corrected chi connectivity index (χ4v) is 5.59. The van der Waals surface area contributed by atoms with E-state index in [0.717, 1.165) is 39.4 Å². The van der Waals surface area contributed by atoms with Gasteiger partial charge in [0.1, 0.15) is 5.75 Å². The summed E-state index contributed by atoms with van der Waals surface area (Å²) in [6, 6.07) is 53.4. The second kappa shape index (κ2) is 15.3. The third-order valence-electron chi connectivity index (χ3n) is 7.81. The van der Waals surface area contributed by atoms with Gasteiger partial charge in [0.2, 0.25) is 0 Å². The summed E-state index contributed by atoms with van der Waals surface area (Å²) >= 11 is 12.5. The monoisotopic (exact) mass is 649 g/mol. The van der Waals surface area contributed by atoms with Crippen molar-refractivity contribution in [3.05, 3.63) is 214 Å². The van der Waals surface area contributed by atoms with E-state index in [-0.39, 0.29) is 0 Å². The highest BCUT2D eigenvalue weighted by Crippen LogP contribution is 2.33. The van der Waals surface area contributed by atoms with Crippen LogP contribution < -0.4 is 9.64 Å². The molecule has 2 nitrogen and oxygen atoms in total. The van der Waals surface area contributed by atoms with Gasteiger partial charge in [0, 0.05) is 33.2 Å². The van der Waals surface area contributed by atoms with Crippen LogP contribution in [-0.2, 0) is 0 Å². The quantitative estimate of drug-likeness (QED) is 0.137. The van der Waals surface area contributed by atoms with E-state index < -0.39 is 0 Å². The Morgan fingerprint density at radius 3 is 1.43 bits per heavy atom. The lowest BCUT2D eigenvalue weighted by atomic mass is 9.97. The fourth-order valence-electron chi connectivity index (χ4n) is 5.34. The molecule has 0 saturated heterocycles. The van der Waals surface area contributed by atoms with Crippen molar-refractivity contribution in [2.75, 3.05) is 12.0 Å². The second-order valence-corrected chi connectivity index (χ2v) is 11.8. The molecule has 0 aliphatic carbocycles. The number of ether oxygens (including phenoxy) is 1. The van der Waals surface area contributed by atoms with Crippen molar-refractivity contribution in [2.24, 2.45) is 0 Å². The van der Waals surface area contributed by atoms with Gasteiger partial charge >= 0.3 is 0 Å². The molecular weight excluding hydrogens is 617 g/mol. The van der Waals surface area contributed by atoms with E-state index in [4.69, 9.17) is 27.9 Å². The first-order chi connectivity index (χ1) is 23.1. The Labute approximate surface area is 287 Å². The summed E-state index contributed by atoms with van der Waals surface area (Å²) in [5.41, 5.74) is 9.73. The van der Waals surface area contributed by atoms with E-state index in [2.05, 4.69) is 114 Å². The maximum atomic E-state index is 6.27. The number of hydrogen-bond acceptors (Lipinski definition) is 2. The van der Waals surface area contributed by atoms with Crippen molar-refractivity contribution in [1.82, 2.24) is 0 Å². The number of nitrogens with zero attached hydrogens (tertiary/aromatic N) is 1. The molecule has 230 valence electrons. The third kappa shape index (κ3) is 8.12. The molecule has 6 rings (SSSR count). The first kappa shape index (κ1) is 31.7. The van der Waals surface area contributed by atoms with Crippen molar-refractivity contribution >= 4 is 51.8 Å². The number of halogens is 2. The normalized spacial score (nSPS) is 10.8. The van der Waals surface area contributed by atoms with Crippen LogP contribution in [0, 0.1) is 0 Å². The van der Waals surface area contributed by atoms with Crippen molar-refractivity contribution in [1.29, 1.82) is 0 Å². The Balaban J connectivity index is 1.37. The largest absolute Gasteiger partial charge is 0.497 e. The van der Waals surface area contributed by atoms with Crippen LogP contribution in [-0.4, -0.2) is 7.11 Å². The van der Waals surface area contributed by atoms with Crippen LogP contribution in [0.4, 0.5) is 11.4 Å². The van der Waals surface area contributed by atoms with Gasteiger partial charge in [-0.3, -0.25) is 0 Å². The van der Waals surface area contributed by atoms with Gasteiger partial charge in [-0.25, -0.2) is 0 Å². The molecule has 47 heavy (non-hydrogen) atoms. The van der Waals surface area contributed by atoms with Gasteiger partial charge in [-0.15, -0.1) is 0 Å². The highest BCUT2D eigenvalue weighted by atomic mass is 35.5. The molecule has 0 N–H and O–H groups in total. The highest BCUT2D eigenvalue weighted by molar-refractivity contribution is 6.31. The average molecular weight is 651 g/mol. The van der Waals surface area contributed by atoms with E-state index in [1.807, 2.05) is 72.8 Å². The molecule has 0 aliphatic rings. The summed E-state index contributed by atoms with van der Waals surface area (Å²) in [6.07, 6.45) is 8.59. The lowest BCUT2D eigenvalue weighted by molar-refractivity contribution is 0.415. The van der Waals surface area contributed by atoms with Crippen LogP contribution in [0.1, 0.15) is 27.8 Å². The molecule has 0 aliphatic heterocycles. The second-order valence-electron chi connectivity index (χ2n) is 10.9. The number of anilines is 2. The van der Waals surface area contributed by atoms with E-state index in [9.17, 15) is 0 Å². The minimum Gasteiger partial charge on any atom is -0.497 e. The first-order valence-corrected chi connectivity index (χ1v) is 16.1. The van der Waals surface area contributed by atoms with Crippen molar-refractivity contribution < 1.29 is 4.74 Å². The minimum absolute atomic E-state index is 0.689. The molecule has 0 saturated carbocycles. The number of rotatable bonds is 10. The number of allylic oxidation sites excluding steroid dienone is 2. The van der Waals surface area contributed by atoms with Gasteiger partial charge in [0.05, 0.1) is 7.11 Å². The van der Waals surface area contributed by atoms with E-state index in [1.165, 1.54) is 16.7 Å². The summed E-state index contributed by atoms with van der Waals surface area (Å²) in [6.45, 7) is 0. The Hall–Kier alpha value is -5.28. The van der Waals surface area contributed by atoms with Crippen LogP contribution in [0.15, 0.2) is 176 Å². The van der Waals surface area contributed by atoms with Crippen LogP contribution in [0.25, 0.3) is 17.2 Å². The van der Waals surface area contributed by atoms with Crippen molar-refractivity contribution in [3.8, 4) is 5.75 Å². The van der Waals surface area contributed by atoms with Crippen LogP contribution >= 0.6 is 23.2 Å². The van der Waals surface area contributed by atoms with Gasteiger partial charge in [-0.05, 0) is 94.1 Å². The van der Waals surface area contributed by atoms with Crippen molar-refractivity contribution in [2.45, 2.75) is 0 Å². The predicted molar refractivity (Wildman–Crippen MR) is 201 cm³/mol. The number of hydrogen-bond donors (Lipinski definition) is 0. The number of methoxy groups -OCH3 is 1. The maximum absolute atomic E-state index is 6.27. The summed E-state index contributed by atoms with van der Waals surface area (Å²) in [7, 11) is 1.68. The molecular formula is C43H33Cl2NO. The molecule has 0 spiro atoms. The fraction of sp³-hybridized carbons (Fsp3) is 0.0233. The molecule has 0 aromatic heterocycles. The molecule has 0 fully saturated rings. The Morgan fingerprint density at radius 2 is 0.957 bits per heavy atom. The number of benzene rings is 6. The zero-order chi connectivity index (χ0) is 32.4. The Morgan fingerprint density at radius 1 is 0.511 bits per heavy atom. The summed E-state index contributed by atoms with van der Waals surface area (Å²) in [5, 5.41) is 1.38. The third-order valence-corrected chi connectivity index (χ3v) is 8.32. The molecule has 0 heterocycles. The lowest BCUT2D eigenvalue weighted by Crippen LogP contribution is -2.10. The Bertz CT molecular complexity index is 1890. The van der Waals surface area contributed by atoms with Crippen molar-refractivity contribution in [3.63, 3.8) is 0 Å². The molecule has 0 bridgehead atoms. The minimum atomic E-state index is 0.689. The standard InChI is InChI=1S/C43H33Cl2NO/c1-47-41-29-27-40(28-30-41)46(31-43(35-17-21-37(44)22-18-35)36-19-23-38(45)24-20-36)39-25-15-32(16-26-39)9-8-14-42(33-10-4-2-5-11-33)34-12-6-3-7-13-34/h2-31H,1H3. The molecule has 4 heteroatoms. The van der Waals surface area contributed by atoms with Gasteiger partial charge in [0.25, 0.3) is 0 Å². The smallest absolute Gasteiger partial charge is 0.119 e. The van der Waals surface area contributed by atoms with Crippen LogP contribution in [0.3, 0.4) is 0 Å². The average Bonchev–Trinajstić information content (AvgIpc) is 3.13. The molecule has 0 atom stereocenters. The van der Waals surface area contributed by atoms with Gasteiger partial charge in [-0.2, -0.15) is 0 Å². The highest BCUT2D eigenvalue weighted by Gasteiger charge is 2.13. The molecule has 6 aromatic carbocycles. The maximum Gasteiger partial charge on any atom is 0.119 e. The lowest BCUT2D eigenvalue weighted by Gasteiger charge is -2.24. The molecule has 0 radical (unpaired) electrons. The summed E-state index contributed by atoms with van der Waals surface area (Å²) in [5.74, 6) is 0.798. The van der Waals surface area contributed by atoms with E-state index >= 15 is 0 Å².